The van der Waals surface area contributed by atoms with Crippen LogP contribution in [0.25, 0.3) is 0 Å². The van der Waals surface area contributed by atoms with Crippen LogP contribution in [0.2, 0.25) is 0 Å². The number of aliphatic hydroxyl groups is 1. The summed E-state index contributed by atoms with van der Waals surface area (Å²) in [6.45, 7) is 1.12. The highest BCUT2D eigenvalue weighted by Gasteiger charge is 2.54. The first kappa shape index (κ1) is 12.0. The smallest absolute Gasteiger partial charge is 0.0681 e. The fraction of sp³-hybridized carbons (Fsp3) is 1.00. The average Bonchev–Trinajstić information content (AvgIpc) is 2.48. The first-order chi connectivity index (χ1) is 8.07. The van der Waals surface area contributed by atoms with Crippen LogP contribution in [-0.2, 0) is 0 Å². The van der Waals surface area contributed by atoms with Crippen molar-refractivity contribution < 1.29 is 5.11 Å². The van der Waals surface area contributed by atoms with Gasteiger partial charge in [-0.25, -0.2) is 0 Å². The van der Waals surface area contributed by atoms with Crippen LogP contribution >= 0.6 is 0 Å². The van der Waals surface area contributed by atoms with Crippen molar-refractivity contribution in [1.82, 2.24) is 4.90 Å². The number of rotatable bonds is 4. The van der Waals surface area contributed by atoms with Gasteiger partial charge in [0, 0.05) is 0 Å². The maximum Gasteiger partial charge on any atom is 0.0681 e. The molecule has 0 radical (unpaired) electrons. The van der Waals surface area contributed by atoms with Crippen LogP contribution in [0, 0.1) is 23.7 Å². The standard InChI is InChI=1S/C15H27NO/c1-16(2)5-3-4-15(17)10-12-6-11-7-13(8-12)14(15)9-11/h11-14,17H,3-10H2,1-2H3/t11?,12?,13?,14?,15-/m0/s1. The molecule has 98 valence electrons. The van der Waals surface area contributed by atoms with Crippen molar-refractivity contribution in [3.05, 3.63) is 0 Å². The lowest BCUT2D eigenvalue weighted by Gasteiger charge is -2.45. The molecule has 3 aliphatic carbocycles. The molecule has 0 saturated heterocycles. The highest BCUT2D eigenvalue weighted by atomic mass is 16.3. The second-order valence-corrected chi connectivity index (χ2v) is 7.26. The molecule has 2 heteroatoms. The summed E-state index contributed by atoms with van der Waals surface area (Å²) in [6.07, 6.45) is 8.91. The summed E-state index contributed by atoms with van der Waals surface area (Å²) in [7, 11) is 4.25. The zero-order valence-corrected chi connectivity index (χ0v) is 11.4. The molecule has 0 amide bonds. The molecule has 5 atom stereocenters. The minimum absolute atomic E-state index is 0.297. The predicted octanol–water partition coefficient (Wildman–Crippen LogP) is 2.52. The molecule has 2 nitrogen and oxygen atoms in total. The van der Waals surface area contributed by atoms with Gasteiger partial charge in [-0.1, -0.05) is 0 Å². The molecule has 3 aliphatic rings. The van der Waals surface area contributed by atoms with E-state index in [-0.39, 0.29) is 5.60 Å². The fourth-order valence-electron chi connectivity index (χ4n) is 5.15. The van der Waals surface area contributed by atoms with E-state index in [1.807, 2.05) is 0 Å². The Labute approximate surface area is 105 Å². The molecule has 0 aromatic rings. The zero-order chi connectivity index (χ0) is 12.0. The SMILES string of the molecule is CN(C)CCC[C@]1(O)CC2CC3CC(C2)C1C3. The molecule has 0 aromatic heterocycles. The van der Waals surface area contributed by atoms with Gasteiger partial charge in [-0.15, -0.1) is 0 Å². The Morgan fingerprint density at radius 2 is 1.88 bits per heavy atom. The average molecular weight is 237 g/mol. The summed E-state index contributed by atoms with van der Waals surface area (Å²) in [5.41, 5.74) is -0.297. The second kappa shape index (κ2) is 4.24. The van der Waals surface area contributed by atoms with E-state index >= 15 is 0 Å². The van der Waals surface area contributed by atoms with Crippen LogP contribution in [-0.4, -0.2) is 36.2 Å². The van der Waals surface area contributed by atoms with Crippen molar-refractivity contribution >= 4 is 0 Å². The minimum atomic E-state index is -0.297. The zero-order valence-electron chi connectivity index (χ0n) is 11.4. The van der Waals surface area contributed by atoms with Crippen LogP contribution in [0.5, 0.6) is 0 Å². The maximum atomic E-state index is 11.0. The van der Waals surface area contributed by atoms with Crippen molar-refractivity contribution in [3.8, 4) is 0 Å². The van der Waals surface area contributed by atoms with Crippen molar-refractivity contribution in [3.63, 3.8) is 0 Å². The monoisotopic (exact) mass is 237 g/mol. The van der Waals surface area contributed by atoms with Crippen molar-refractivity contribution in [2.45, 2.75) is 50.5 Å². The Hall–Kier alpha value is -0.0800. The van der Waals surface area contributed by atoms with Gasteiger partial charge in [0.15, 0.2) is 0 Å². The van der Waals surface area contributed by atoms with Gasteiger partial charge in [0.1, 0.15) is 0 Å². The summed E-state index contributed by atoms with van der Waals surface area (Å²) in [4.78, 5) is 2.23. The Bertz CT molecular complexity index is 289. The molecule has 3 rings (SSSR count). The number of nitrogens with zero attached hydrogens (tertiary/aromatic N) is 1. The van der Waals surface area contributed by atoms with Crippen molar-refractivity contribution in [2.75, 3.05) is 20.6 Å². The first-order valence-electron chi connectivity index (χ1n) is 7.44. The number of fused-ring (bicyclic) bond motifs is 2. The lowest BCUT2D eigenvalue weighted by Crippen LogP contribution is -2.46. The summed E-state index contributed by atoms with van der Waals surface area (Å²) in [5.74, 6) is 3.33. The molecular formula is C15H27NO. The van der Waals surface area contributed by atoms with Crippen LogP contribution in [0.4, 0.5) is 0 Å². The van der Waals surface area contributed by atoms with Crippen molar-refractivity contribution in [1.29, 1.82) is 0 Å². The van der Waals surface area contributed by atoms with Crippen LogP contribution in [0.1, 0.15) is 44.9 Å². The molecule has 0 aromatic carbocycles. The van der Waals surface area contributed by atoms with E-state index in [1.165, 1.54) is 25.7 Å². The van der Waals surface area contributed by atoms with Crippen LogP contribution in [0.3, 0.4) is 0 Å². The summed E-state index contributed by atoms with van der Waals surface area (Å²) in [6, 6.07) is 0. The molecule has 3 bridgehead atoms. The summed E-state index contributed by atoms with van der Waals surface area (Å²) >= 11 is 0. The lowest BCUT2D eigenvalue weighted by atomic mass is 9.64. The summed E-state index contributed by atoms with van der Waals surface area (Å²) < 4.78 is 0. The van der Waals surface area contributed by atoms with E-state index in [9.17, 15) is 5.11 Å². The van der Waals surface area contributed by atoms with E-state index in [0.29, 0.717) is 5.92 Å². The third-order valence-electron chi connectivity index (χ3n) is 5.64. The van der Waals surface area contributed by atoms with Gasteiger partial charge in [-0.3, -0.25) is 0 Å². The van der Waals surface area contributed by atoms with Gasteiger partial charge in [-0.2, -0.15) is 0 Å². The predicted molar refractivity (Wildman–Crippen MR) is 69.8 cm³/mol. The first-order valence-corrected chi connectivity index (χ1v) is 7.44. The van der Waals surface area contributed by atoms with Gasteiger partial charge >= 0.3 is 0 Å². The van der Waals surface area contributed by atoms with E-state index in [0.717, 1.165) is 43.6 Å². The van der Waals surface area contributed by atoms with E-state index < -0.39 is 0 Å². The molecule has 0 aliphatic heterocycles. The van der Waals surface area contributed by atoms with E-state index in [2.05, 4.69) is 19.0 Å². The van der Waals surface area contributed by atoms with Gasteiger partial charge in [0.25, 0.3) is 0 Å². The van der Waals surface area contributed by atoms with E-state index in [1.54, 1.807) is 0 Å². The second-order valence-electron chi connectivity index (χ2n) is 7.26. The molecule has 17 heavy (non-hydrogen) atoms. The van der Waals surface area contributed by atoms with Gasteiger partial charge < -0.3 is 10.0 Å². The normalized spacial score (nSPS) is 48.0. The molecule has 1 N–H and O–H groups in total. The lowest BCUT2D eigenvalue weighted by molar-refractivity contribution is -0.0879. The topological polar surface area (TPSA) is 23.5 Å². The Balaban J connectivity index is 1.66. The molecule has 3 saturated carbocycles. The van der Waals surface area contributed by atoms with Crippen molar-refractivity contribution in [2.24, 2.45) is 23.7 Å². The molecule has 0 spiro atoms. The highest BCUT2D eigenvalue weighted by Crippen LogP contribution is 2.59. The number of hydrogen-bond donors (Lipinski definition) is 1. The van der Waals surface area contributed by atoms with Gasteiger partial charge in [-0.05, 0) is 89.3 Å². The number of hydrogen-bond acceptors (Lipinski definition) is 2. The van der Waals surface area contributed by atoms with Gasteiger partial charge in [0.05, 0.1) is 5.60 Å². The van der Waals surface area contributed by atoms with E-state index in [4.69, 9.17) is 0 Å². The Morgan fingerprint density at radius 1 is 1.12 bits per heavy atom. The third-order valence-corrected chi connectivity index (χ3v) is 5.64. The minimum Gasteiger partial charge on any atom is -0.390 e. The van der Waals surface area contributed by atoms with Gasteiger partial charge in [0.2, 0.25) is 0 Å². The maximum absolute atomic E-state index is 11.0. The molecular weight excluding hydrogens is 210 g/mol. The largest absolute Gasteiger partial charge is 0.390 e. The van der Waals surface area contributed by atoms with Crippen LogP contribution < -0.4 is 0 Å². The Kier molecular flexibility index (Phi) is 2.99. The molecule has 3 fully saturated rings. The highest BCUT2D eigenvalue weighted by molar-refractivity contribution is 5.05. The summed E-state index contributed by atoms with van der Waals surface area (Å²) in [5, 5.41) is 11.0. The van der Waals surface area contributed by atoms with Crippen LogP contribution in [0.15, 0.2) is 0 Å². The fourth-order valence-corrected chi connectivity index (χ4v) is 5.15. The third kappa shape index (κ3) is 2.15. The Morgan fingerprint density at radius 3 is 2.65 bits per heavy atom. The molecule has 4 unspecified atom stereocenters. The molecule has 0 heterocycles. The quantitative estimate of drug-likeness (QED) is 0.812.